The first-order chi connectivity index (χ1) is 9.11. The molecule has 0 saturated carbocycles. The molecule has 2 nitrogen and oxygen atoms in total. The minimum absolute atomic E-state index is 0.0504. The first-order valence-corrected chi connectivity index (χ1v) is 6.51. The van der Waals surface area contributed by atoms with E-state index in [9.17, 15) is 9.90 Å². The number of rotatable bonds is 4. The maximum atomic E-state index is 11.4. The molecule has 0 saturated heterocycles. The molecular formula is C17H18O2. The fraction of sp³-hybridized carbons (Fsp3) is 0.235. The van der Waals surface area contributed by atoms with Gasteiger partial charge in [-0.3, -0.25) is 4.79 Å². The van der Waals surface area contributed by atoms with Crippen LogP contribution in [-0.2, 0) is 17.6 Å². The molecule has 0 heterocycles. The maximum absolute atomic E-state index is 11.4. The number of hydrogen-bond acceptors (Lipinski definition) is 2. The predicted octanol–water partition coefficient (Wildman–Crippen LogP) is 3.75. The van der Waals surface area contributed by atoms with Crippen molar-refractivity contribution in [3.63, 3.8) is 0 Å². The maximum Gasteiger partial charge on any atom is 0.134 e. The molecule has 1 N–H and O–H groups in total. The molecule has 0 fully saturated rings. The molecule has 0 amide bonds. The van der Waals surface area contributed by atoms with Gasteiger partial charge in [-0.2, -0.15) is 0 Å². The molecule has 0 aliphatic heterocycles. The molecular weight excluding hydrogens is 236 g/mol. The van der Waals surface area contributed by atoms with Gasteiger partial charge < -0.3 is 5.11 Å². The summed E-state index contributed by atoms with van der Waals surface area (Å²) in [5, 5.41) is 9.98. The summed E-state index contributed by atoms with van der Waals surface area (Å²) in [5.74, 6) is 0.240. The highest BCUT2D eigenvalue weighted by molar-refractivity contribution is 5.83. The molecule has 2 heteroatoms. The topological polar surface area (TPSA) is 37.3 Å². The zero-order valence-corrected chi connectivity index (χ0v) is 11.3. The smallest absolute Gasteiger partial charge is 0.134 e. The van der Waals surface area contributed by atoms with E-state index in [0.717, 1.165) is 17.5 Å². The Morgan fingerprint density at radius 2 is 1.89 bits per heavy atom. The summed E-state index contributed by atoms with van der Waals surface area (Å²) >= 11 is 0. The molecule has 0 aliphatic carbocycles. The lowest BCUT2D eigenvalue weighted by atomic mass is 9.94. The van der Waals surface area contributed by atoms with Crippen LogP contribution in [0.4, 0.5) is 0 Å². The summed E-state index contributed by atoms with van der Waals surface area (Å²) in [4.78, 5) is 11.4. The minimum Gasteiger partial charge on any atom is -0.508 e. The van der Waals surface area contributed by atoms with Gasteiger partial charge in [-0.05, 0) is 36.1 Å². The van der Waals surface area contributed by atoms with Gasteiger partial charge >= 0.3 is 0 Å². The molecule has 0 aromatic heterocycles. The van der Waals surface area contributed by atoms with Crippen LogP contribution in [0.2, 0.25) is 0 Å². The number of Topliss-reactive ketones (excluding diaryl/α,β-unsaturated/α-hetero) is 1. The first-order valence-electron chi connectivity index (χ1n) is 6.51. The molecule has 0 spiro atoms. The summed E-state index contributed by atoms with van der Waals surface area (Å²) < 4.78 is 0. The van der Waals surface area contributed by atoms with Crippen molar-refractivity contribution >= 4 is 5.78 Å². The Balaban J connectivity index is 2.54. The van der Waals surface area contributed by atoms with E-state index in [0.29, 0.717) is 5.56 Å². The highest BCUT2D eigenvalue weighted by Crippen LogP contribution is 2.31. The third kappa shape index (κ3) is 3.02. The number of aromatic hydroxyl groups is 1. The molecule has 0 atom stereocenters. The summed E-state index contributed by atoms with van der Waals surface area (Å²) in [6.45, 7) is 3.65. The predicted molar refractivity (Wildman–Crippen MR) is 77.3 cm³/mol. The molecule has 2 aromatic rings. The Morgan fingerprint density at radius 1 is 1.16 bits per heavy atom. The van der Waals surface area contributed by atoms with Gasteiger partial charge in [0.25, 0.3) is 0 Å². The Kier molecular flexibility index (Phi) is 4.00. The summed E-state index contributed by atoms with van der Waals surface area (Å²) in [6.07, 6.45) is 1.23. The Hall–Kier alpha value is -2.09. The van der Waals surface area contributed by atoms with Crippen molar-refractivity contribution in [2.45, 2.75) is 26.7 Å². The van der Waals surface area contributed by atoms with Crippen molar-refractivity contribution < 1.29 is 9.90 Å². The van der Waals surface area contributed by atoms with E-state index in [1.54, 1.807) is 13.0 Å². The van der Waals surface area contributed by atoms with Crippen LogP contribution in [0.3, 0.4) is 0 Å². The fourth-order valence-corrected chi connectivity index (χ4v) is 2.24. The molecule has 98 valence electrons. The van der Waals surface area contributed by atoms with Crippen LogP contribution in [0, 0.1) is 0 Å². The highest BCUT2D eigenvalue weighted by atomic mass is 16.3. The van der Waals surface area contributed by atoms with Crippen LogP contribution >= 0.6 is 0 Å². The normalized spacial score (nSPS) is 10.4. The molecule has 2 aromatic carbocycles. The van der Waals surface area contributed by atoms with Gasteiger partial charge in [0.2, 0.25) is 0 Å². The zero-order valence-electron chi connectivity index (χ0n) is 11.3. The van der Waals surface area contributed by atoms with Crippen molar-refractivity contribution in [3.8, 4) is 16.9 Å². The molecule has 0 unspecified atom stereocenters. The number of carbonyl (C=O) groups is 1. The summed E-state index contributed by atoms with van der Waals surface area (Å²) in [6, 6.07) is 13.6. The molecule has 0 radical (unpaired) electrons. The minimum atomic E-state index is 0.0504. The Bertz CT molecular complexity index is 600. The van der Waals surface area contributed by atoms with Gasteiger partial charge in [0.1, 0.15) is 11.5 Å². The number of phenols is 1. The highest BCUT2D eigenvalue weighted by Gasteiger charge is 2.11. The van der Waals surface area contributed by atoms with E-state index in [2.05, 4.69) is 19.1 Å². The van der Waals surface area contributed by atoms with E-state index < -0.39 is 0 Å². The Morgan fingerprint density at radius 3 is 2.58 bits per heavy atom. The lowest BCUT2D eigenvalue weighted by molar-refractivity contribution is -0.116. The van der Waals surface area contributed by atoms with Crippen molar-refractivity contribution in [2.24, 2.45) is 0 Å². The second-order valence-electron chi connectivity index (χ2n) is 4.74. The largest absolute Gasteiger partial charge is 0.508 e. The average Bonchev–Trinajstić information content (AvgIpc) is 2.40. The van der Waals surface area contributed by atoms with Crippen molar-refractivity contribution in [1.29, 1.82) is 0 Å². The lowest BCUT2D eigenvalue weighted by Crippen LogP contribution is -1.99. The van der Waals surface area contributed by atoms with Crippen LogP contribution in [-0.4, -0.2) is 10.9 Å². The van der Waals surface area contributed by atoms with Crippen LogP contribution in [0.5, 0.6) is 5.75 Å². The number of hydrogen-bond donors (Lipinski definition) is 1. The second kappa shape index (κ2) is 5.70. The Labute approximate surface area is 113 Å². The first kappa shape index (κ1) is 13.3. The molecule has 19 heavy (non-hydrogen) atoms. The van der Waals surface area contributed by atoms with Gasteiger partial charge in [-0.25, -0.2) is 0 Å². The second-order valence-corrected chi connectivity index (χ2v) is 4.74. The van der Waals surface area contributed by atoms with Gasteiger partial charge in [0, 0.05) is 12.0 Å². The standard InChI is InChI=1S/C17H18O2/c1-3-13-6-4-7-14(11-13)15-8-5-9-17(19)16(15)10-12(2)18/h4-9,11,19H,3,10H2,1-2H3. The third-order valence-electron chi connectivity index (χ3n) is 3.22. The van der Waals surface area contributed by atoms with Crippen LogP contribution in [0.1, 0.15) is 25.0 Å². The van der Waals surface area contributed by atoms with E-state index in [-0.39, 0.29) is 18.0 Å². The number of benzene rings is 2. The van der Waals surface area contributed by atoms with Crippen molar-refractivity contribution in [2.75, 3.05) is 0 Å². The molecule has 0 aliphatic rings. The monoisotopic (exact) mass is 254 g/mol. The fourth-order valence-electron chi connectivity index (χ4n) is 2.24. The average molecular weight is 254 g/mol. The molecule has 0 bridgehead atoms. The van der Waals surface area contributed by atoms with Crippen LogP contribution < -0.4 is 0 Å². The third-order valence-corrected chi connectivity index (χ3v) is 3.22. The van der Waals surface area contributed by atoms with E-state index in [1.165, 1.54) is 5.56 Å². The zero-order chi connectivity index (χ0) is 13.8. The van der Waals surface area contributed by atoms with Gasteiger partial charge in [0.05, 0.1) is 0 Å². The quantitative estimate of drug-likeness (QED) is 0.902. The summed E-state index contributed by atoms with van der Waals surface area (Å²) in [7, 11) is 0. The molecule has 2 rings (SSSR count). The van der Waals surface area contributed by atoms with Crippen LogP contribution in [0.15, 0.2) is 42.5 Å². The van der Waals surface area contributed by atoms with Crippen molar-refractivity contribution in [3.05, 3.63) is 53.6 Å². The number of ketones is 1. The number of phenolic OH excluding ortho intramolecular Hbond substituents is 1. The van der Waals surface area contributed by atoms with Crippen LogP contribution in [0.25, 0.3) is 11.1 Å². The lowest BCUT2D eigenvalue weighted by Gasteiger charge is -2.11. The van der Waals surface area contributed by atoms with Gasteiger partial charge in [0.15, 0.2) is 0 Å². The van der Waals surface area contributed by atoms with E-state index in [1.807, 2.05) is 24.3 Å². The van der Waals surface area contributed by atoms with E-state index >= 15 is 0 Å². The number of aryl methyl sites for hydroxylation is 1. The van der Waals surface area contributed by atoms with E-state index in [4.69, 9.17) is 0 Å². The van der Waals surface area contributed by atoms with Crippen molar-refractivity contribution in [1.82, 2.24) is 0 Å². The van der Waals surface area contributed by atoms with Gasteiger partial charge in [-0.1, -0.05) is 43.3 Å². The number of carbonyl (C=O) groups excluding carboxylic acids is 1. The summed E-state index contributed by atoms with van der Waals surface area (Å²) in [5.41, 5.74) is 3.94. The van der Waals surface area contributed by atoms with Gasteiger partial charge in [-0.15, -0.1) is 0 Å². The SMILES string of the molecule is CCc1cccc(-c2cccc(O)c2CC(C)=O)c1.